The topological polar surface area (TPSA) is 104 Å². The molecule has 0 unspecified atom stereocenters. The van der Waals surface area contributed by atoms with Crippen LogP contribution in [0.1, 0.15) is 11.1 Å². The van der Waals surface area contributed by atoms with Gasteiger partial charge in [-0.25, -0.2) is 9.78 Å². The Morgan fingerprint density at radius 2 is 1.53 bits per heavy atom. The minimum Gasteiger partial charge on any atom is -0.354 e. The molecule has 0 saturated carbocycles. The number of aromatic nitrogens is 1. The smallest absolute Gasteiger partial charge is 0.354 e. The van der Waals surface area contributed by atoms with Crippen LogP contribution in [0.15, 0.2) is 66.9 Å². The van der Waals surface area contributed by atoms with Crippen molar-refractivity contribution in [3.05, 3.63) is 88.1 Å². The van der Waals surface area contributed by atoms with Gasteiger partial charge in [-0.1, -0.05) is 12.1 Å². The number of urea groups is 1. The Balaban J connectivity index is 1.24. The van der Waals surface area contributed by atoms with Crippen molar-refractivity contribution in [2.24, 2.45) is 0 Å². The van der Waals surface area contributed by atoms with E-state index in [1.54, 1.807) is 24.3 Å². The SMILES string of the molecule is O=C(Nc1ccc(C(F)(F)F)cc1)Nc1ccc(N2CCN(Cc3ccc([N+](=O)[O-])cc3)CC2)nc1. The molecule has 188 valence electrons. The van der Waals surface area contributed by atoms with E-state index >= 15 is 0 Å². The van der Waals surface area contributed by atoms with Crippen LogP contribution in [-0.2, 0) is 12.7 Å². The molecule has 0 atom stereocenters. The third-order valence-electron chi connectivity index (χ3n) is 5.73. The predicted molar refractivity (Wildman–Crippen MR) is 129 cm³/mol. The highest BCUT2D eigenvalue weighted by Crippen LogP contribution is 2.29. The largest absolute Gasteiger partial charge is 0.416 e. The lowest BCUT2D eigenvalue weighted by Crippen LogP contribution is -2.46. The van der Waals surface area contributed by atoms with Gasteiger partial charge in [0.25, 0.3) is 5.69 Å². The molecular weight excluding hydrogens is 477 g/mol. The Morgan fingerprint density at radius 1 is 0.917 bits per heavy atom. The number of nitro benzene ring substituents is 1. The standard InChI is InChI=1S/C24H23F3N6O3/c25-24(26,27)18-3-5-19(6-4-18)29-23(34)30-20-7-10-22(28-15-20)32-13-11-31(12-14-32)16-17-1-8-21(9-2-17)33(35)36/h1-10,15H,11-14,16H2,(H2,29,30,34). The van der Waals surface area contributed by atoms with Gasteiger partial charge in [0, 0.05) is 50.5 Å². The number of alkyl halides is 3. The Morgan fingerprint density at radius 3 is 2.08 bits per heavy atom. The first kappa shape index (κ1) is 24.9. The lowest BCUT2D eigenvalue weighted by atomic mass is 10.2. The van der Waals surface area contributed by atoms with Gasteiger partial charge < -0.3 is 15.5 Å². The van der Waals surface area contributed by atoms with E-state index in [4.69, 9.17) is 0 Å². The fourth-order valence-corrected chi connectivity index (χ4v) is 3.80. The molecule has 12 heteroatoms. The maximum atomic E-state index is 12.6. The fraction of sp³-hybridized carbons (Fsp3) is 0.250. The summed E-state index contributed by atoms with van der Waals surface area (Å²) in [6, 6.07) is 13.6. The van der Waals surface area contributed by atoms with Gasteiger partial charge in [-0.3, -0.25) is 15.0 Å². The molecule has 3 aromatic rings. The fourth-order valence-electron chi connectivity index (χ4n) is 3.80. The van der Waals surface area contributed by atoms with Crippen molar-refractivity contribution in [1.82, 2.24) is 9.88 Å². The number of nitrogens with zero attached hydrogens (tertiary/aromatic N) is 4. The first-order valence-corrected chi connectivity index (χ1v) is 11.1. The van der Waals surface area contributed by atoms with Crippen molar-refractivity contribution in [3.8, 4) is 0 Å². The molecule has 0 radical (unpaired) electrons. The van der Waals surface area contributed by atoms with Crippen molar-refractivity contribution >= 4 is 28.9 Å². The van der Waals surface area contributed by atoms with E-state index in [1.807, 2.05) is 0 Å². The van der Waals surface area contributed by atoms with Crippen molar-refractivity contribution in [2.45, 2.75) is 12.7 Å². The highest BCUT2D eigenvalue weighted by atomic mass is 19.4. The molecule has 1 aromatic heterocycles. The number of carbonyl (C=O) groups is 1. The van der Waals surface area contributed by atoms with E-state index < -0.39 is 22.7 Å². The van der Waals surface area contributed by atoms with Gasteiger partial charge in [0.1, 0.15) is 5.82 Å². The molecule has 0 spiro atoms. The Bertz CT molecular complexity index is 1190. The molecule has 2 aromatic carbocycles. The summed E-state index contributed by atoms with van der Waals surface area (Å²) in [4.78, 5) is 31.3. The normalized spacial score (nSPS) is 14.4. The monoisotopic (exact) mass is 500 g/mol. The Hall–Kier alpha value is -4.19. The molecule has 2 N–H and O–H groups in total. The van der Waals surface area contributed by atoms with Gasteiger partial charge in [0.05, 0.1) is 22.4 Å². The number of pyridine rings is 1. The quantitative estimate of drug-likeness (QED) is 0.366. The van der Waals surface area contributed by atoms with E-state index in [9.17, 15) is 28.1 Å². The van der Waals surface area contributed by atoms with Crippen molar-refractivity contribution in [3.63, 3.8) is 0 Å². The molecule has 9 nitrogen and oxygen atoms in total. The number of amides is 2. The minimum absolute atomic E-state index is 0.0738. The van der Waals surface area contributed by atoms with E-state index in [1.165, 1.54) is 30.5 Å². The molecule has 1 aliphatic heterocycles. The summed E-state index contributed by atoms with van der Waals surface area (Å²) in [5, 5.41) is 15.9. The van der Waals surface area contributed by atoms with Gasteiger partial charge in [-0.05, 0) is 42.0 Å². The van der Waals surface area contributed by atoms with Gasteiger partial charge in [-0.2, -0.15) is 13.2 Å². The van der Waals surface area contributed by atoms with Crippen molar-refractivity contribution < 1.29 is 22.9 Å². The second kappa shape index (κ2) is 10.6. The zero-order valence-electron chi connectivity index (χ0n) is 19.0. The molecule has 0 bridgehead atoms. The van der Waals surface area contributed by atoms with Crippen LogP contribution in [0.4, 0.5) is 40.8 Å². The van der Waals surface area contributed by atoms with Gasteiger partial charge >= 0.3 is 12.2 Å². The molecule has 0 aliphatic carbocycles. The Labute approximate surface area is 204 Å². The molecule has 4 rings (SSSR count). The van der Waals surface area contributed by atoms with Crippen molar-refractivity contribution in [1.29, 1.82) is 0 Å². The van der Waals surface area contributed by atoms with E-state index in [2.05, 4.69) is 25.4 Å². The van der Waals surface area contributed by atoms with E-state index in [-0.39, 0.29) is 11.4 Å². The summed E-state index contributed by atoms with van der Waals surface area (Å²) in [6.45, 7) is 3.81. The Kier molecular flexibility index (Phi) is 7.34. The minimum atomic E-state index is -4.44. The number of hydrogen-bond acceptors (Lipinski definition) is 6. The first-order valence-electron chi connectivity index (χ1n) is 11.1. The van der Waals surface area contributed by atoms with Crippen LogP contribution < -0.4 is 15.5 Å². The van der Waals surface area contributed by atoms with Crippen LogP contribution in [0.2, 0.25) is 0 Å². The molecule has 1 saturated heterocycles. The number of nitrogens with one attached hydrogen (secondary N) is 2. The van der Waals surface area contributed by atoms with Crippen LogP contribution >= 0.6 is 0 Å². The second-order valence-corrected chi connectivity index (χ2v) is 8.25. The highest BCUT2D eigenvalue weighted by Gasteiger charge is 2.30. The maximum absolute atomic E-state index is 12.6. The third kappa shape index (κ3) is 6.48. The van der Waals surface area contributed by atoms with E-state index in [0.717, 1.165) is 49.7 Å². The number of nitro groups is 1. The number of benzene rings is 2. The zero-order chi connectivity index (χ0) is 25.7. The summed E-state index contributed by atoms with van der Waals surface area (Å²) in [5.74, 6) is 0.763. The molecular formula is C24H23F3N6O3. The van der Waals surface area contributed by atoms with Crippen molar-refractivity contribution in [2.75, 3.05) is 41.7 Å². The number of halogens is 3. The summed E-state index contributed by atoms with van der Waals surface area (Å²) < 4.78 is 37.9. The predicted octanol–water partition coefficient (Wildman–Crippen LogP) is 4.97. The number of non-ortho nitro benzene ring substituents is 1. The number of hydrogen-bond donors (Lipinski definition) is 2. The molecule has 2 amide bonds. The number of carbonyl (C=O) groups excluding carboxylic acids is 1. The third-order valence-corrected chi connectivity index (χ3v) is 5.73. The van der Waals surface area contributed by atoms with Crippen LogP contribution in [-0.4, -0.2) is 47.0 Å². The maximum Gasteiger partial charge on any atom is 0.416 e. The molecule has 36 heavy (non-hydrogen) atoms. The average molecular weight is 500 g/mol. The average Bonchev–Trinajstić information content (AvgIpc) is 2.85. The molecule has 1 aliphatic rings. The zero-order valence-corrected chi connectivity index (χ0v) is 19.0. The molecule has 1 fully saturated rings. The number of piperazine rings is 1. The summed E-state index contributed by atoms with van der Waals surface area (Å²) in [6.07, 6.45) is -2.92. The van der Waals surface area contributed by atoms with Crippen LogP contribution in [0.25, 0.3) is 0 Å². The van der Waals surface area contributed by atoms with E-state index in [0.29, 0.717) is 12.2 Å². The molecule has 2 heterocycles. The van der Waals surface area contributed by atoms with Crippen LogP contribution in [0.5, 0.6) is 0 Å². The lowest BCUT2D eigenvalue weighted by molar-refractivity contribution is -0.384. The number of anilines is 3. The van der Waals surface area contributed by atoms with Gasteiger partial charge in [-0.15, -0.1) is 0 Å². The van der Waals surface area contributed by atoms with Crippen LogP contribution in [0, 0.1) is 10.1 Å². The summed E-state index contributed by atoms with van der Waals surface area (Å²) >= 11 is 0. The van der Waals surface area contributed by atoms with Gasteiger partial charge in [0.2, 0.25) is 0 Å². The summed E-state index contributed by atoms with van der Waals surface area (Å²) in [5.41, 5.74) is 0.971. The number of rotatable bonds is 6. The first-order chi connectivity index (χ1) is 17.2. The summed E-state index contributed by atoms with van der Waals surface area (Å²) in [7, 11) is 0. The second-order valence-electron chi connectivity index (χ2n) is 8.25. The highest BCUT2D eigenvalue weighted by molar-refractivity contribution is 5.99. The lowest BCUT2D eigenvalue weighted by Gasteiger charge is -2.35. The van der Waals surface area contributed by atoms with Crippen LogP contribution in [0.3, 0.4) is 0 Å². The van der Waals surface area contributed by atoms with Gasteiger partial charge in [0.15, 0.2) is 0 Å².